The van der Waals surface area contributed by atoms with Gasteiger partial charge in [0.1, 0.15) is 11.5 Å². The first-order valence-corrected chi connectivity index (χ1v) is 14.1. The fourth-order valence-electron chi connectivity index (χ4n) is 4.73. The van der Waals surface area contributed by atoms with Crippen LogP contribution in [0.15, 0.2) is 97.1 Å². The van der Waals surface area contributed by atoms with Crippen LogP contribution in [0.25, 0.3) is 32.7 Å². The number of hydrogen-bond donors (Lipinski definition) is 0. The highest BCUT2D eigenvalue weighted by Crippen LogP contribution is 2.43. The molecule has 194 valence electrons. The zero-order valence-corrected chi connectivity index (χ0v) is 23.8. The van der Waals surface area contributed by atoms with Gasteiger partial charge in [-0.3, -0.25) is 0 Å². The molecular formula is C34H34O3P-. The van der Waals surface area contributed by atoms with E-state index in [2.05, 4.69) is 96.1 Å². The van der Waals surface area contributed by atoms with Gasteiger partial charge >= 0.3 is 0 Å². The molecule has 0 saturated heterocycles. The lowest BCUT2D eigenvalue weighted by Crippen LogP contribution is -2.15. The Balaban J connectivity index is 1.46. The first-order valence-electron chi connectivity index (χ1n) is 13.0. The summed E-state index contributed by atoms with van der Waals surface area (Å²) in [6.07, 6.45) is 0. The molecule has 0 amide bonds. The highest BCUT2D eigenvalue weighted by atomic mass is 31.2. The molecular weight excluding hydrogens is 487 g/mol. The van der Waals surface area contributed by atoms with Crippen LogP contribution in [0.1, 0.15) is 52.7 Å². The van der Waals surface area contributed by atoms with Crippen LogP contribution in [0.3, 0.4) is 0 Å². The van der Waals surface area contributed by atoms with Crippen LogP contribution in [0, 0.1) is 0 Å². The minimum Gasteiger partial charge on any atom is -0.765 e. The summed E-state index contributed by atoms with van der Waals surface area (Å²) in [6, 6.07) is 32.8. The van der Waals surface area contributed by atoms with Gasteiger partial charge in [-0.2, -0.15) is 0 Å². The van der Waals surface area contributed by atoms with E-state index in [1.165, 1.54) is 10.9 Å². The Labute approximate surface area is 227 Å². The molecule has 0 saturated carbocycles. The van der Waals surface area contributed by atoms with Gasteiger partial charge in [-0.25, -0.2) is 0 Å². The first kappa shape index (κ1) is 26.2. The van der Waals surface area contributed by atoms with Gasteiger partial charge in [0.2, 0.25) is 8.60 Å². The quantitative estimate of drug-likeness (QED) is 0.216. The predicted octanol–water partition coefficient (Wildman–Crippen LogP) is 9.30. The van der Waals surface area contributed by atoms with Crippen LogP contribution in [0.5, 0.6) is 11.5 Å². The molecule has 5 aromatic rings. The van der Waals surface area contributed by atoms with Gasteiger partial charge in [0.05, 0.1) is 0 Å². The number of hydrogen-bond acceptors (Lipinski definition) is 3. The molecule has 1 atom stereocenters. The SMILES string of the molecule is CC(C)(C)c1ccc2cc(OP([O-])Oc3ccccc3-c3ccc4ccccc4c3)c(C(C)(C)C)cc2c1. The molecule has 0 radical (unpaired) electrons. The molecule has 0 fully saturated rings. The maximum absolute atomic E-state index is 13.3. The lowest BCUT2D eigenvalue weighted by molar-refractivity contribution is -0.189. The van der Waals surface area contributed by atoms with Crippen molar-refractivity contribution < 1.29 is 13.9 Å². The molecule has 38 heavy (non-hydrogen) atoms. The van der Waals surface area contributed by atoms with E-state index in [9.17, 15) is 4.89 Å². The standard InChI is InChI=1S/C34H34O3P/c1-33(2,3)28-18-17-25-22-32(30(34(4,5)6)21-27(25)20-28)37-38(35)36-31-14-10-9-13-29(31)26-16-15-23-11-7-8-12-24(23)19-26/h7-22H,1-6H3/q-1. The van der Waals surface area contributed by atoms with Gasteiger partial charge in [-0.1, -0.05) is 114 Å². The Kier molecular flexibility index (Phi) is 6.94. The van der Waals surface area contributed by atoms with Crippen molar-refractivity contribution in [3.8, 4) is 22.6 Å². The van der Waals surface area contributed by atoms with E-state index in [-0.39, 0.29) is 10.8 Å². The molecule has 0 aliphatic rings. The Morgan fingerprint density at radius 3 is 1.92 bits per heavy atom. The minimum atomic E-state index is -2.47. The summed E-state index contributed by atoms with van der Waals surface area (Å²) in [5.74, 6) is 1.11. The van der Waals surface area contributed by atoms with Crippen LogP contribution in [-0.4, -0.2) is 0 Å². The zero-order valence-electron chi connectivity index (χ0n) is 22.9. The van der Waals surface area contributed by atoms with Crippen molar-refractivity contribution in [2.75, 3.05) is 0 Å². The molecule has 5 aromatic carbocycles. The van der Waals surface area contributed by atoms with E-state index in [1.54, 1.807) is 0 Å². The fraction of sp³-hybridized carbons (Fsp3) is 0.235. The molecule has 0 aliphatic carbocycles. The van der Waals surface area contributed by atoms with Gasteiger partial charge in [-0.15, -0.1) is 0 Å². The number of para-hydroxylation sites is 1. The smallest absolute Gasteiger partial charge is 0.210 e. The van der Waals surface area contributed by atoms with Gasteiger partial charge in [0.25, 0.3) is 0 Å². The molecule has 0 aromatic heterocycles. The van der Waals surface area contributed by atoms with Crippen molar-refractivity contribution in [1.29, 1.82) is 0 Å². The van der Waals surface area contributed by atoms with Gasteiger partial charge in [-0.05, 0) is 67.8 Å². The molecule has 0 bridgehead atoms. The van der Waals surface area contributed by atoms with Crippen molar-refractivity contribution in [1.82, 2.24) is 0 Å². The molecule has 0 heterocycles. The third-order valence-corrected chi connectivity index (χ3v) is 7.60. The normalized spacial score (nSPS) is 13.0. The summed E-state index contributed by atoms with van der Waals surface area (Å²) < 4.78 is 12.0. The molecule has 3 nitrogen and oxygen atoms in total. The molecule has 1 unspecified atom stereocenters. The van der Waals surface area contributed by atoms with E-state index in [0.717, 1.165) is 32.8 Å². The zero-order chi connectivity index (χ0) is 27.1. The molecule has 0 spiro atoms. The van der Waals surface area contributed by atoms with Gasteiger partial charge in [0.15, 0.2) is 0 Å². The van der Waals surface area contributed by atoms with Gasteiger partial charge in [0, 0.05) is 11.1 Å². The Morgan fingerprint density at radius 1 is 0.553 bits per heavy atom. The van der Waals surface area contributed by atoms with Crippen LogP contribution < -0.4 is 13.9 Å². The van der Waals surface area contributed by atoms with E-state index in [1.807, 2.05) is 42.5 Å². The van der Waals surface area contributed by atoms with Crippen LogP contribution >= 0.6 is 8.60 Å². The maximum atomic E-state index is 13.3. The highest BCUT2D eigenvalue weighted by Gasteiger charge is 2.22. The molecule has 5 rings (SSSR count). The first-order chi connectivity index (χ1) is 18.0. The number of rotatable bonds is 5. The summed E-state index contributed by atoms with van der Waals surface area (Å²) in [7, 11) is -2.47. The molecule has 0 N–H and O–H groups in total. The van der Waals surface area contributed by atoms with Crippen molar-refractivity contribution in [2.45, 2.75) is 52.4 Å². The van der Waals surface area contributed by atoms with Crippen molar-refractivity contribution >= 4 is 30.1 Å². The van der Waals surface area contributed by atoms with E-state index < -0.39 is 8.60 Å². The summed E-state index contributed by atoms with van der Waals surface area (Å²) in [4.78, 5) is 13.3. The summed E-state index contributed by atoms with van der Waals surface area (Å²) in [6.45, 7) is 13.1. The van der Waals surface area contributed by atoms with Crippen molar-refractivity contribution in [3.63, 3.8) is 0 Å². The monoisotopic (exact) mass is 521 g/mol. The van der Waals surface area contributed by atoms with Crippen molar-refractivity contribution in [3.05, 3.63) is 108 Å². The van der Waals surface area contributed by atoms with E-state index in [0.29, 0.717) is 11.5 Å². The molecule has 4 heteroatoms. The predicted molar refractivity (Wildman–Crippen MR) is 159 cm³/mol. The second-order valence-corrected chi connectivity index (χ2v) is 12.7. The Hall–Kier alpha value is -3.39. The van der Waals surface area contributed by atoms with Crippen LogP contribution in [0.4, 0.5) is 0 Å². The average molecular weight is 522 g/mol. The lowest BCUT2D eigenvalue weighted by atomic mass is 9.83. The topological polar surface area (TPSA) is 41.5 Å². The number of fused-ring (bicyclic) bond motifs is 2. The third kappa shape index (κ3) is 5.55. The van der Waals surface area contributed by atoms with Crippen LogP contribution in [-0.2, 0) is 10.8 Å². The van der Waals surface area contributed by atoms with E-state index in [4.69, 9.17) is 9.05 Å². The minimum absolute atomic E-state index is 0.0564. The maximum Gasteiger partial charge on any atom is 0.210 e. The lowest BCUT2D eigenvalue weighted by Gasteiger charge is -2.29. The molecule has 0 aliphatic heterocycles. The fourth-order valence-corrected chi connectivity index (χ4v) is 5.39. The average Bonchev–Trinajstić information content (AvgIpc) is 2.87. The van der Waals surface area contributed by atoms with Crippen molar-refractivity contribution in [2.24, 2.45) is 0 Å². The summed E-state index contributed by atoms with van der Waals surface area (Å²) in [5.41, 5.74) is 3.98. The largest absolute Gasteiger partial charge is 0.765 e. The second-order valence-electron chi connectivity index (χ2n) is 11.9. The van der Waals surface area contributed by atoms with Gasteiger partial charge < -0.3 is 13.9 Å². The Bertz CT molecular complexity index is 1610. The second kappa shape index (κ2) is 10.1. The van der Waals surface area contributed by atoms with Crippen LogP contribution in [0.2, 0.25) is 0 Å². The summed E-state index contributed by atoms with van der Waals surface area (Å²) >= 11 is 0. The number of benzene rings is 5. The van der Waals surface area contributed by atoms with E-state index >= 15 is 0 Å². The third-order valence-electron chi connectivity index (χ3n) is 6.91. The Morgan fingerprint density at radius 2 is 1.18 bits per heavy atom. The summed E-state index contributed by atoms with van der Waals surface area (Å²) in [5, 5.41) is 4.50. The highest BCUT2D eigenvalue weighted by molar-refractivity contribution is 7.40.